The van der Waals surface area contributed by atoms with E-state index in [-0.39, 0.29) is 24.0 Å². The van der Waals surface area contributed by atoms with E-state index in [4.69, 9.17) is 4.99 Å². The van der Waals surface area contributed by atoms with Crippen LogP contribution in [0.2, 0.25) is 0 Å². The van der Waals surface area contributed by atoms with Gasteiger partial charge in [-0.3, -0.25) is 9.89 Å². The molecule has 9 heteroatoms. The van der Waals surface area contributed by atoms with E-state index in [1.165, 1.54) is 6.26 Å². The molecule has 0 radical (unpaired) electrons. The summed E-state index contributed by atoms with van der Waals surface area (Å²) in [7, 11) is -0.972. The van der Waals surface area contributed by atoms with Gasteiger partial charge in [-0.05, 0) is 45.0 Å². The zero-order valence-electron chi connectivity index (χ0n) is 18.0. The van der Waals surface area contributed by atoms with Gasteiger partial charge in [-0.2, -0.15) is 0 Å². The summed E-state index contributed by atoms with van der Waals surface area (Å²) in [6.45, 7) is 11.1. The molecule has 2 rings (SSSR count). The third kappa shape index (κ3) is 9.18. The first-order valence-electron chi connectivity index (χ1n) is 10.0. The lowest BCUT2D eigenvalue weighted by atomic mass is 10.1. The molecule has 1 atom stereocenters. The molecule has 0 aromatic heterocycles. The minimum absolute atomic E-state index is 0. The van der Waals surface area contributed by atoms with E-state index in [1.807, 2.05) is 12.1 Å². The molecule has 0 aliphatic carbocycles. The first-order valence-corrected chi connectivity index (χ1v) is 11.9. The van der Waals surface area contributed by atoms with Crippen molar-refractivity contribution in [3.8, 4) is 0 Å². The van der Waals surface area contributed by atoms with E-state index in [0.29, 0.717) is 10.9 Å². The van der Waals surface area contributed by atoms with Gasteiger partial charge in [-0.25, -0.2) is 8.42 Å². The largest absolute Gasteiger partial charge is 0.357 e. The first kappa shape index (κ1) is 26.1. The lowest BCUT2D eigenvalue weighted by Gasteiger charge is -2.35. The average molecular weight is 538 g/mol. The third-order valence-electron chi connectivity index (χ3n) is 5.08. The van der Waals surface area contributed by atoms with Gasteiger partial charge in [0.15, 0.2) is 15.8 Å². The molecule has 1 aromatic carbocycles. The van der Waals surface area contributed by atoms with E-state index in [0.717, 1.165) is 63.8 Å². The number of piperazine rings is 1. The van der Waals surface area contributed by atoms with Crippen LogP contribution < -0.4 is 10.6 Å². The van der Waals surface area contributed by atoms with E-state index < -0.39 is 9.84 Å². The number of hydrogen-bond acceptors (Lipinski definition) is 5. The molecule has 166 valence electrons. The maximum Gasteiger partial charge on any atom is 0.191 e. The predicted octanol–water partition coefficient (Wildman–Crippen LogP) is 1.44. The van der Waals surface area contributed by atoms with Gasteiger partial charge >= 0.3 is 0 Å². The Kier molecular flexibility index (Phi) is 11.4. The number of sulfone groups is 1. The summed E-state index contributed by atoms with van der Waals surface area (Å²) in [4.78, 5) is 9.96. The number of benzene rings is 1. The van der Waals surface area contributed by atoms with Crippen molar-refractivity contribution in [1.82, 2.24) is 20.4 Å². The molecule has 1 fully saturated rings. The summed E-state index contributed by atoms with van der Waals surface area (Å²) in [5.74, 6) is 0.830. The van der Waals surface area contributed by atoms with Crippen LogP contribution in [0.5, 0.6) is 0 Å². The summed E-state index contributed by atoms with van der Waals surface area (Å²) < 4.78 is 23.1. The first-order chi connectivity index (χ1) is 13.3. The number of nitrogens with one attached hydrogen (secondary N) is 2. The van der Waals surface area contributed by atoms with Crippen LogP contribution in [0.25, 0.3) is 0 Å². The van der Waals surface area contributed by atoms with Crippen LogP contribution in [0, 0.1) is 0 Å². The Labute approximate surface area is 193 Å². The molecule has 0 amide bonds. The van der Waals surface area contributed by atoms with E-state index in [2.05, 4.69) is 41.3 Å². The highest BCUT2D eigenvalue weighted by atomic mass is 127. The van der Waals surface area contributed by atoms with Crippen molar-refractivity contribution in [2.45, 2.75) is 31.2 Å². The van der Waals surface area contributed by atoms with Gasteiger partial charge in [-0.1, -0.05) is 12.1 Å². The molecule has 1 aromatic rings. The molecule has 0 bridgehead atoms. The Morgan fingerprint density at radius 2 is 1.76 bits per heavy atom. The highest BCUT2D eigenvalue weighted by Crippen LogP contribution is 2.10. The zero-order chi connectivity index (χ0) is 20.6. The van der Waals surface area contributed by atoms with Gasteiger partial charge in [0.25, 0.3) is 0 Å². The Hall–Kier alpha value is -0.910. The van der Waals surface area contributed by atoms with Crippen molar-refractivity contribution in [3.63, 3.8) is 0 Å². The second kappa shape index (κ2) is 12.7. The van der Waals surface area contributed by atoms with Crippen LogP contribution in [0.15, 0.2) is 34.2 Å². The summed E-state index contributed by atoms with van der Waals surface area (Å²) >= 11 is 0. The number of nitrogens with zero attached hydrogens (tertiary/aromatic N) is 3. The van der Waals surface area contributed by atoms with Gasteiger partial charge in [0.05, 0.1) is 11.4 Å². The molecule has 0 saturated carbocycles. The minimum atomic E-state index is -3.14. The van der Waals surface area contributed by atoms with Crippen molar-refractivity contribution in [1.29, 1.82) is 0 Å². The maximum atomic E-state index is 11.5. The third-order valence-corrected chi connectivity index (χ3v) is 6.21. The van der Waals surface area contributed by atoms with Gasteiger partial charge in [0, 0.05) is 51.6 Å². The molecule has 1 unspecified atom stereocenters. The normalized spacial score (nSPS) is 17.4. The van der Waals surface area contributed by atoms with Crippen molar-refractivity contribution in [2.75, 3.05) is 59.1 Å². The molecule has 7 nitrogen and oxygen atoms in total. The standard InChI is InChI=1S/C20H35N5O2S.HI/c1-5-21-20(23-16-17(2)25-14-12-24(3)13-15-25)22-11-10-18-6-8-19(9-7-18)28(4,26)27;/h6-9,17H,5,10-16H2,1-4H3,(H2,21,22,23);1H. The fraction of sp³-hybridized carbons (Fsp3) is 0.650. The number of guanidine groups is 1. The molecule has 1 aliphatic rings. The monoisotopic (exact) mass is 537 g/mol. The lowest BCUT2D eigenvalue weighted by Crippen LogP contribution is -2.49. The number of halogens is 1. The molecule has 2 N–H and O–H groups in total. The quantitative estimate of drug-likeness (QED) is 0.297. The minimum Gasteiger partial charge on any atom is -0.357 e. The summed E-state index contributed by atoms with van der Waals surface area (Å²) in [6, 6.07) is 7.51. The fourth-order valence-electron chi connectivity index (χ4n) is 3.17. The Morgan fingerprint density at radius 3 is 2.31 bits per heavy atom. The topological polar surface area (TPSA) is 77.0 Å². The van der Waals surface area contributed by atoms with Gasteiger partial charge in [-0.15, -0.1) is 24.0 Å². The second-order valence-electron chi connectivity index (χ2n) is 7.50. The average Bonchev–Trinajstić information content (AvgIpc) is 2.66. The van der Waals surface area contributed by atoms with Crippen LogP contribution in [0.3, 0.4) is 0 Å². The van der Waals surface area contributed by atoms with Gasteiger partial charge in [0.2, 0.25) is 0 Å². The number of likely N-dealkylation sites (N-methyl/N-ethyl adjacent to an activating group) is 1. The Morgan fingerprint density at radius 1 is 1.14 bits per heavy atom. The second-order valence-corrected chi connectivity index (χ2v) is 9.52. The molecule has 1 heterocycles. The lowest BCUT2D eigenvalue weighted by molar-refractivity contribution is 0.122. The van der Waals surface area contributed by atoms with Crippen molar-refractivity contribution < 1.29 is 8.42 Å². The summed E-state index contributed by atoms with van der Waals surface area (Å²) in [5, 5.41) is 6.67. The molecule has 29 heavy (non-hydrogen) atoms. The van der Waals surface area contributed by atoms with Crippen molar-refractivity contribution >= 4 is 39.8 Å². The van der Waals surface area contributed by atoms with Crippen LogP contribution in [0.4, 0.5) is 0 Å². The molecular weight excluding hydrogens is 501 g/mol. The maximum absolute atomic E-state index is 11.5. The van der Waals surface area contributed by atoms with Gasteiger partial charge < -0.3 is 15.5 Å². The van der Waals surface area contributed by atoms with Crippen LogP contribution >= 0.6 is 24.0 Å². The van der Waals surface area contributed by atoms with Crippen LogP contribution in [0.1, 0.15) is 19.4 Å². The van der Waals surface area contributed by atoms with E-state index in [9.17, 15) is 8.42 Å². The van der Waals surface area contributed by atoms with Crippen LogP contribution in [-0.4, -0.2) is 89.3 Å². The highest BCUT2D eigenvalue weighted by Gasteiger charge is 2.18. The van der Waals surface area contributed by atoms with Crippen molar-refractivity contribution in [2.24, 2.45) is 4.99 Å². The van der Waals surface area contributed by atoms with E-state index in [1.54, 1.807) is 12.1 Å². The molecule has 1 saturated heterocycles. The number of aliphatic imine (C=N–C) groups is 1. The predicted molar refractivity (Wildman–Crippen MR) is 131 cm³/mol. The summed E-state index contributed by atoms with van der Waals surface area (Å²) in [5.41, 5.74) is 1.10. The fourth-order valence-corrected chi connectivity index (χ4v) is 3.80. The number of rotatable bonds is 8. The van der Waals surface area contributed by atoms with Crippen molar-refractivity contribution in [3.05, 3.63) is 29.8 Å². The molecular formula is C20H36IN5O2S. The highest BCUT2D eigenvalue weighted by molar-refractivity contribution is 14.0. The summed E-state index contributed by atoms with van der Waals surface area (Å²) in [6.07, 6.45) is 2.04. The Balaban J connectivity index is 0.00000420. The molecule has 1 aliphatic heterocycles. The van der Waals surface area contributed by atoms with Gasteiger partial charge in [0.1, 0.15) is 0 Å². The SMILES string of the molecule is CCNC(=NCC(C)N1CCN(C)CC1)NCCc1ccc(S(C)(=O)=O)cc1.I. The number of hydrogen-bond donors (Lipinski definition) is 2. The smallest absolute Gasteiger partial charge is 0.191 e. The Bertz CT molecular complexity index is 732. The molecule has 0 spiro atoms. The van der Waals surface area contributed by atoms with Crippen LogP contribution in [-0.2, 0) is 16.3 Å². The van der Waals surface area contributed by atoms with E-state index >= 15 is 0 Å². The zero-order valence-corrected chi connectivity index (χ0v) is 21.2.